The highest BCUT2D eigenvalue weighted by Gasteiger charge is 2.48. The molecule has 5 N–H and O–H groups in total. The van der Waals surface area contributed by atoms with Crippen LogP contribution in [0, 0.1) is 5.92 Å². The van der Waals surface area contributed by atoms with Gasteiger partial charge in [-0.1, -0.05) is 58.3 Å². The van der Waals surface area contributed by atoms with Crippen LogP contribution >= 0.6 is 23.4 Å². The van der Waals surface area contributed by atoms with E-state index in [0.29, 0.717) is 5.92 Å². The lowest BCUT2D eigenvalue weighted by Crippen LogP contribution is -2.65. The summed E-state index contributed by atoms with van der Waals surface area (Å²) in [5.41, 5.74) is -0.707. The van der Waals surface area contributed by atoms with Gasteiger partial charge in [-0.2, -0.15) is 0 Å². The standard InChI is InChI=1S/C25H47ClN2O5S/c1-4-5-6-7-8-9-10-11-17-12-13-18(27-15-14-17)24(32)28-19(16(2)26)23-21(30)20(29)22(31)25(33-23)34-3/h16-23,25,27,29-31H,4-15H2,1-3H3,(H,28,32)/t16-,17-,18-,19+,20?,21?,22+,23+,25?/m0/s1. The minimum atomic E-state index is -1.37. The Kier molecular flexibility index (Phi) is 14.1. The Morgan fingerprint density at radius 2 is 1.74 bits per heavy atom. The summed E-state index contributed by atoms with van der Waals surface area (Å²) in [5.74, 6) is 0.484. The molecule has 2 saturated heterocycles. The van der Waals surface area contributed by atoms with E-state index in [9.17, 15) is 20.1 Å². The van der Waals surface area contributed by atoms with Crippen molar-refractivity contribution in [3.63, 3.8) is 0 Å². The van der Waals surface area contributed by atoms with Gasteiger partial charge in [0.25, 0.3) is 0 Å². The van der Waals surface area contributed by atoms with Crippen LogP contribution in [0.5, 0.6) is 0 Å². The summed E-state index contributed by atoms with van der Waals surface area (Å²) in [6, 6.07) is -1.01. The van der Waals surface area contributed by atoms with Gasteiger partial charge in [0.05, 0.1) is 17.5 Å². The zero-order valence-electron chi connectivity index (χ0n) is 21.1. The van der Waals surface area contributed by atoms with E-state index < -0.39 is 41.3 Å². The third kappa shape index (κ3) is 9.09. The van der Waals surface area contributed by atoms with Crippen molar-refractivity contribution < 1.29 is 24.9 Å². The van der Waals surface area contributed by atoms with Gasteiger partial charge in [0.15, 0.2) is 0 Å². The number of hydrogen-bond acceptors (Lipinski definition) is 7. The SMILES string of the molecule is CCCCCCCCC[C@@H]1CCN[C@H](C(=O)N[C@H]([C@H](C)Cl)[C@H]2OC(SC)[C@H](O)C(O)C2O)CC1. The molecule has 0 aromatic rings. The minimum Gasteiger partial charge on any atom is -0.388 e. The minimum absolute atomic E-state index is 0.161. The predicted molar refractivity (Wildman–Crippen MR) is 139 cm³/mol. The maximum absolute atomic E-state index is 13.1. The molecule has 0 radical (unpaired) electrons. The Morgan fingerprint density at radius 1 is 1.06 bits per heavy atom. The van der Waals surface area contributed by atoms with Gasteiger partial charge in [0, 0.05) is 0 Å². The molecule has 7 nitrogen and oxygen atoms in total. The molecule has 0 saturated carbocycles. The number of halogens is 1. The number of carbonyl (C=O) groups is 1. The maximum atomic E-state index is 13.1. The Bertz CT molecular complexity index is 586. The first-order chi connectivity index (χ1) is 16.3. The summed E-state index contributed by atoms with van der Waals surface area (Å²) >= 11 is 7.63. The molecular formula is C25H47ClN2O5S. The lowest BCUT2D eigenvalue weighted by Gasteiger charge is -2.44. The van der Waals surface area contributed by atoms with Crippen LogP contribution in [0.3, 0.4) is 0 Å². The number of aliphatic hydroxyl groups is 3. The number of amides is 1. The fourth-order valence-electron chi connectivity index (χ4n) is 5.10. The number of carbonyl (C=O) groups excluding carboxylic acids is 1. The Hall–Kier alpha value is -0.0900. The van der Waals surface area contributed by atoms with E-state index in [-0.39, 0.29) is 11.9 Å². The average Bonchev–Trinajstić information content (AvgIpc) is 3.06. The lowest BCUT2D eigenvalue weighted by atomic mass is 9.92. The quantitative estimate of drug-likeness (QED) is 0.186. The highest BCUT2D eigenvalue weighted by molar-refractivity contribution is 7.99. The molecule has 2 heterocycles. The van der Waals surface area contributed by atoms with Gasteiger partial charge in [-0.05, 0) is 44.9 Å². The van der Waals surface area contributed by atoms with Gasteiger partial charge in [-0.25, -0.2) is 0 Å². The molecule has 1 amide bonds. The average molecular weight is 523 g/mol. The molecule has 2 fully saturated rings. The van der Waals surface area contributed by atoms with Crippen molar-refractivity contribution in [1.82, 2.24) is 10.6 Å². The van der Waals surface area contributed by atoms with E-state index in [4.69, 9.17) is 16.3 Å². The molecule has 9 heteroatoms. The zero-order valence-corrected chi connectivity index (χ0v) is 22.7. The van der Waals surface area contributed by atoms with Gasteiger partial charge in [0.2, 0.25) is 5.91 Å². The number of alkyl halides is 1. The van der Waals surface area contributed by atoms with Crippen molar-refractivity contribution in [3.8, 4) is 0 Å². The van der Waals surface area contributed by atoms with Crippen LogP contribution in [0.15, 0.2) is 0 Å². The first kappa shape index (κ1) is 30.1. The fraction of sp³-hybridized carbons (Fsp3) is 0.960. The Morgan fingerprint density at radius 3 is 2.38 bits per heavy atom. The molecular weight excluding hydrogens is 476 g/mol. The summed E-state index contributed by atoms with van der Waals surface area (Å²) in [5, 5.41) is 36.7. The molecule has 0 aliphatic carbocycles. The van der Waals surface area contributed by atoms with Crippen molar-refractivity contribution in [1.29, 1.82) is 0 Å². The Balaban J connectivity index is 1.84. The van der Waals surface area contributed by atoms with Crippen LogP contribution in [-0.4, -0.2) is 81.3 Å². The largest absolute Gasteiger partial charge is 0.388 e. The maximum Gasteiger partial charge on any atom is 0.237 e. The first-order valence-corrected chi connectivity index (χ1v) is 14.9. The number of aliphatic hydroxyl groups excluding tert-OH is 3. The highest BCUT2D eigenvalue weighted by Crippen LogP contribution is 2.30. The van der Waals surface area contributed by atoms with Gasteiger partial charge in [-0.3, -0.25) is 4.79 Å². The lowest BCUT2D eigenvalue weighted by molar-refractivity contribution is -0.205. The first-order valence-electron chi connectivity index (χ1n) is 13.2. The van der Waals surface area contributed by atoms with Crippen molar-refractivity contribution in [3.05, 3.63) is 0 Å². The molecule has 2 rings (SSSR count). The number of unbranched alkanes of at least 4 members (excludes halogenated alkanes) is 6. The van der Waals surface area contributed by atoms with E-state index in [0.717, 1.165) is 25.8 Å². The van der Waals surface area contributed by atoms with Crippen LogP contribution in [-0.2, 0) is 9.53 Å². The summed E-state index contributed by atoms with van der Waals surface area (Å²) in [4.78, 5) is 13.1. The fourth-order valence-corrected chi connectivity index (χ4v) is 5.99. The van der Waals surface area contributed by atoms with Crippen LogP contribution in [0.2, 0.25) is 0 Å². The summed E-state index contributed by atoms with van der Waals surface area (Å²) in [6.45, 7) is 4.78. The third-order valence-corrected chi connectivity index (χ3v) is 8.46. The summed E-state index contributed by atoms with van der Waals surface area (Å²) < 4.78 is 5.85. The van der Waals surface area contributed by atoms with Gasteiger partial charge >= 0.3 is 0 Å². The van der Waals surface area contributed by atoms with E-state index in [1.165, 1.54) is 63.1 Å². The molecule has 9 atom stereocenters. The normalized spacial score (nSPS) is 34.3. The van der Waals surface area contributed by atoms with E-state index >= 15 is 0 Å². The van der Waals surface area contributed by atoms with Crippen LogP contribution in [0.1, 0.15) is 84.5 Å². The zero-order chi connectivity index (χ0) is 25.1. The van der Waals surface area contributed by atoms with Gasteiger partial charge in [-0.15, -0.1) is 23.4 Å². The smallest absolute Gasteiger partial charge is 0.237 e. The monoisotopic (exact) mass is 522 g/mol. The van der Waals surface area contributed by atoms with Crippen molar-refractivity contribution in [2.24, 2.45) is 5.92 Å². The van der Waals surface area contributed by atoms with E-state index in [2.05, 4.69) is 17.6 Å². The molecule has 0 aromatic heterocycles. The second-order valence-corrected chi connectivity index (χ2v) is 11.7. The molecule has 2 aliphatic heterocycles. The second kappa shape index (κ2) is 15.9. The van der Waals surface area contributed by atoms with Crippen LogP contribution in [0.25, 0.3) is 0 Å². The molecule has 34 heavy (non-hydrogen) atoms. The highest BCUT2D eigenvalue weighted by atomic mass is 35.5. The predicted octanol–water partition coefficient (Wildman–Crippen LogP) is 3.17. The van der Waals surface area contributed by atoms with Crippen molar-refractivity contribution >= 4 is 29.3 Å². The Labute approximate surface area is 215 Å². The van der Waals surface area contributed by atoms with E-state index in [1.807, 2.05) is 0 Å². The van der Waals surface area contributed by atoms with Crippen molar-refractivity contribution in [2.45, 2.75) is 132 Å². The molecule has 2 aliphatic rings. The second-order valence-electron chi connectivity index (χ2n) is 10.0. The number of thioether (sulfide) groups is 1. The number of nitrogens with one attached hydrogen (secondary N) is 2. The van der Waals surface area contributed by atoms with E-state index in [1.54, 1.807) is 13.2 Å². The number of hydrogen-bond donors (Lipinski definition) is 5. The number of rotatable bonds is 13. The topological polar surface area (TPSA) is 111 Å². The summed E-state index contributed by atoms with van der Waals surface area (Å²) in [7, 11) is 0. The van der Waals surface area contributed by atoms with Gasteiger partial charge < -0.3 is 30.7 Å². The van der Waals surface area contributed by atoms with Gasteiger partial charge in [0.1, 0.15) is 29.9 Å². The third-order valence-electron chi connectivity index (χ3n) is 7.34. The molecule has 200 valence electrons. The molecule has 0 aromatic carbocycles. The van der Waals surface area contributed by atoms with Crippen LogP contribution < -0.4 is 10.6 Å². The number of ether oxygens (including phenoxy) is 1. The summed E-state index contributed by atoms with van der Waals surface area (Å²) in [6.07, 6.45) is 10.2. The molecule has 3 unspecified atom stereocenters. The molecule has 0 bridgehead atoms. The molecule has 0 spiro atoms. The van der Waals surface area contributed by atoms with Crippen LogP contribution in [0.4, 0.5) is 0 Å². The van der Waals surface area contributed by atoms with Crippen molar-refractivity contribution in [2.75, 3.05) is 12.8 Å².